The molecular weight excluding hydrogens is 271 g/mol. The van der Waals surface area contributed by atoms with E-state index >= 15 is 0 Å². The maximum Gasteiger partial charge on any atom is 0.232 e. The van der Waals surface area contributed by atoms with Crippen LogP contribution in [0.3, 0.4) is 0 Å². The molecule has 0 saturated carbocycles. The second-order valence-electron chi connectivity index (χ2n) is 3.35. The van der Waals surface area contributed by atoms with Gasteiger partial charge in [-0.25, -0.2) is 13.4 Å². The molecule has 0 radical (unpaired) electrons. The summed E-state index contributed by atoms with van der Waals surface area (Å²) in [6.45, 7) is 3.50. The van der Waals surface area contributed by atoms with Crippen LogP contribution in [0.15, 0.2) is 6.07 Å². The van der Waals surface area contributed by atoms with Gasteiger partial charge in [-0.2, -0.15) is 0 Å². The van der Waals surface area contributed by atoms with Crippen LogP contribution in [0.1, 0.15) is 18.9 Å². The summed E-state index contributed by atoms with van der Waals surface area (Å²) in [4.78, 5) is 3.78. The summed E-state index contributed by atoms with van der Waals surface area (Å²) in [5.74, 6) is 0.0470. The molecule has 1 N–H and O–H groups in total. The largest absolute Gasteiger partial charge is 0.280 e. The van der Waals surface area contributed by atoms with Gasteiger partial charge in [-0.05, 0) is 25.0 Å². The third-order valence-corrected chi connectivity index (χ3v) is 3.80. The van der Waals surface area contributed by atoms with Gasteiger partial charge in [0.15, 0.2) is 5.15 Å². The van der Waals surface area contributed by atoms with Crippen molar-refractivity contribution < 1.29 is 8.42 Å². The quantitative estimate of drug-likeness (QED) is 0.864. The van der Waals surface area contributed by atoms with Gasteiger partial charge in [-0.1, -0.05) is 30.1 Å². The molecule has 1 rings (SSSR count). The maximum atomic E-state index is 11.6. The Kier molecular flexibility index (Phi) is 4.41. The van der Waals surface area contributed by atoms with Gasteiger partial charge in [0.05, 0.1) is 11.4 Å². The highest BCUT2D eigenvalue weighted by molar-refractivity contribution is 7.92. The van der Waals surface area contributed by atoms with Crippen molar-refractivity contribution in [1.29, 1.82) is 0 Å². The SMILES string of the molecule is CCCS(=O)(=O)Nc1c(C)cc(Cl)nc1Cl. The van der Waals surface area contributed by atoms with Crippen molar-refractivity contribution >= 4 is 38.9 Å². The third kappa shape index (κ3) is 3.50. The van der Waals surface area contributed by atoms with Crippen molar-refractivity contribution in [2.75, 3.05) is 10.5 Å². The lowest BCUT2D eigenvalue weighted by Gasteiger charge is -2.11. The average molecular weight is 283 g/mol. The number of rotatable bonds is 4. The number of anilines is 1. The zero-order valence-corrected chi connectivity index (χ0v) is 11.2. The zero-order chi connectivity index (χ0) is 12.3. The summed E-state index contributed by atoms with van der Waals surface area (Å²) in [5.41, 5.74) is 0.934. The predicted molar refractivity (Wildman–Crippen MR) is 66.7 cm³/mol. The first-order valence-electron chi connectivity index (χ1n) is 4.69. The number of hydrogen-bond donors (Lipinski definition) is 1. The summed E-state index contributed by atoms with van der Waals surface area (Å²) in [6, 6.07) is 1.55. The predicted octanol–water partition coefficient (Wildman–Crippen LogP) is 2.85. The van der Waals surface area contributed by atoms with Gasteiger partial charge in [0.25, 0.3) is 0 Å². The van der Waals surface area contributed by atoms with Crippen LogP contribution in [0, 0.1) is 6.92 Å². The summed E-state index contributed by atoms with van der Waals surface area (Å²) < 4.78 is 25.5. The highest BCUT2D eigenvalue weighted by Crippen LogP contribution is 2.27. The van der Waals surface area contributed by atoms with Gasteiger partial charge in [-0.3, -0.25) is 4.72 Å². The fourth-order valence-corrected chi connectivity index (χ4v) is 3.04. The number of nitrogens with one attached hydrogen (secondary N) is 1. The smallest absolute Gasteiger partial charge is 0.232 e. The first-order valence-corrected chi connectivity index (χ1v) is 7.09. The molecule has 1 aromatic rings. The van der Waals surface area contributed by atoms with Gasteiger partial charge in [0.2, 0.25) is 10.0 Å². The Morgan fingerprint density at radius 2 is 2.06 bits per heavy atom. The van der Waals surface area contributed by atoms with Gasteiger partial charge >= 0.3 is 0 Å². The van der Waals surface area contributed by atoms with Crippen LogP contribution in [-0.2, 0) is 10.0 Å². The second-order valence-corrected chi connectivity index (χ2v) is 5.94. The van der Waals surface area contributed by atoms with E-state index in [2.05, 4.69) is 9.71 Å². The van der Waals surface area contributed by atoms with Crippen LogP contribution < -0.4 is 4.72 Å². The Hall–Kier alpha value is -0.520. The van der Waals surface area contributed by atoms with E-state index in [4.69, 9.17) is 23.2 Å². The van der Waals surface area contributed by atoms with Gasteiger partial charge in [0.1, 0.15) is 5.15 Å². The fourth-order valence-electron chi connectivity index (χ4n) is 1.19. The summed E-state index contributed by atoms with van der Waals surface area (Å²) in [7, 11) is -3.36. The van der Waals surface area contributed by atoms with Gasteiger partial charge < -0.3 is 0 Å². The number of pyridine rings is 1. The molecule has 1 aromatic heterocycles. The first-order chi connectivity index (χ1) is 7.35. The molecule has 0 atom stereocenters. The van der Waals surface area contributed by atoms with Crippen molar-refractivity contribution in [3.05, 3.63) is 21.9 Å². The Labute approximate surface area is 105 Å². The molecule has 0 aliphatic rings. The molecule has 1 heterocycles. The van der Waals surface area contributed by atoms with Crippen LogP contribution in [0.5, 0.6) is 0 Å². The Morgan fingerprint density at radius 1 is 1.44 bits per heavy atom. The van der Waals surface area contributed by atoms with Crippen molar-refractivity contribution in [2.24, 2.45) is 0 Å². The molecule has 0 unspecified atom stereocenters. The molecule has 0 bridgehead atoms. The monoisotopic (exact) mass is 282 g/mol. The maximum absolute atomic E-state index is 11.6. The van der Waals surface area contributed by atoms with E-state index in [1.54, 1.807) is 19.9 Å². The van der Waals surface area contributed by atoms with Crippen molar-refractivity contribution in [3.8, 4) is 0 Å². The Balaban J connectivity index is 3.07. The molecule has 4 nitrogen and oxygen atoms in total. The first kappa shape index (κ1) is 13.5. The van der Waals surface area contributed by atoms with Crippen LogP contribution in [0.25, 0.3) is 0 Å². The van der Waals surface area contributed by atoms with E-state index in [1.807, 2.05) is 0 Å². The van der Waals surface area contributed by atoms with Gasteiger partial charge in [0, 0.05) is 0 Å². The summed E-state index contributed by atoms with van der Waals surface area (Å²) in [6.07, 6.45) is 0.535. The highest BCUT2D eigenvalue weighted by Gasteiger charge is 2.14. The topological polar surface area (TPSA) is 59.1 Å². The van der Waals surface area contributed by atoms with Crippen molar-refractivity contribution in [1.82, 2.24) is 4.98 Å². The molecular formula is C9H12Cl2N2O2S. The normalized spacial score (nSPS) is 11.5. The number of hydrogen-bond acceptors (Lipinski definition) is 3. The minimum absolute atomic E-state index is 0.0470. The molecule has 16 heavy (non-hydrogen) atoms. The highest BCUT2D eigenvalue weighted by atomic mass is 35.5. The van der Waals surface area contributed by atoms with E-state index in [9.17, 15) is 8.42 Å². The molecule has 0 aliphatic carbocycles. The molecule has 7 heteroatoms. The molecule has 0 spiro atoms. The zero-order valence-electron chi connectivity index (χ0n) is 8.92. The minimum Gasteiger partial charge on any atom is -0.280 e. The third-order valence-electron chi connectivity index (χ3n) is 1.87. The number of aryl methyl sites for hydroxylation is 1. The van der Waals surface area contributed by atoms with E-state index in [-0.39, 0.29) is 16.1 Å². The Morgan fingerprint density at radius 3 is 2.56 bits per heavy atom. The van der Waals surface area contributed by atoms with Crippen LogP contribution >= 0.6 is 23.2 Å². The minimum atomic E-state index is -3.36. The summed E-state index contributed by atoms with van der Waals surface area (Å²) >= 11 is 11.5. The number of aromatic nitrogens is 1. The second kappa shape index (κ2) is 5.21. The van der Waals surface area contributed by atoms with Crippen LogP contribution in [-0.4, -0.2) is 19.2 Å². The molecule has 0 saturated heterocycles. The molecule has 0 fully saturated rings. The van der Waals surface area contributed by atoms with E-state index < -0.39 is 10.0 Å². The molecule has 0 aliphatic heterocycles. The lowest BCUT2D eigenvalue weighted by atomic mass is 10.3. The average Bonchev–Trinajstić information content (AvgIpc) is 2.11. The van der Waals surface area contributed by atoms with E-state index in [1.165, 1.54) is 0 Å². The number of nitrogens with zero attached hydrogens (tertiary/aromatic N) is 1. The van der Waals surface area contributed by atoms with Crippen molar-refractivity contribution in [2.45, 2.75) is 20.3 Å². The van der Waals surface area contributed by atoms with E-state index in [0.29, 0.717) is 17.7 Å². The van der Waals surface area contributed by atoms with Crippen LogP contribution in [0.2, 0.25) is 10.3 Å². The Bertz CT molecular complexity index is 465. The number of halogens is 2. The fraction of sp³-hybridized carbons (Fsp3) is 0.444. The molecule has 0 amide bonds. The lowest BCUT2D eigenvalue weighted by Crippen LogP contribution is -2.17. The number of sulfonamides is 1. The van der Waals surface area contributed by atoms with E-state index in [0.717, 1.165) is 0 Å². The summed E-state index contributed by atoms with van der Waals surface area (Å²) in [5, 5.41) is 0.297. The van der Waals surface area contributed by atoms with Crippen molar-refractivity contribution in [3.63, 3.8) is 0 Å². The standard InChI is InChI=1S/C9H12Cl2N2O2S/c1-3-4-16(14,15)13-8-6(2)5-7(10)12-9(8)11/h5,13H,3-4H2,1-2H3. The molecule has 90 valence electrons. The lowest BCUT2D eigenvalue weighted by molar-refractivity contribution is 0.600. The van der Waals surface area contributed by atoms with Crippen LogP contribution in [0.4, 0.5) is 5.69 Å². The molecule has 0 aromatic carbocycles. The van der Waals surface area contributed by atoms with Gasteiger partial charge in [-0.15, -0.1) is 0 Å².